The molecule has 1 fully saturated rings. The van der Waals surface area contributed by atoms with E-state index in [-0.39, 0.29) is 17.9 Å². The summed E-state index contributed by atoms with van der Waals surface area (Å²) in [6, 6.07) is 13.2. The second-order valence-corrected chi connectivity index (χ2v) is 11.1. The first-order chi connectivity index (χ1) is 15.5. The normalized spacial score (nSPS) is 15.7. The number of aryl methyl sites for hydroxylation is 2. The number of H-pyrrole nitrogens is 1. The van der Waals surface area contributed by atoms with Gasteiger partial charge in [0.2, 0.25) is 5.91 Å². The maximum absolute atomic E-state index is 12.8. The Bertz CT molecular complexity index is 1210. The zero-order chi connectivity index (χ0) is 22.2. The van der Waals surface area contributed by atoms with Crippen LogP contribution in [0.3, 0.4) is 0 Å². The van der Waals surface area contributed by atoms with Crippen molar-refractivity contribution in [2.24, 2.45) is 5.92 Å². The third-order valence-corrected chi connectivity index (χ3v) is 7.92. The molecule has 4 nitrogen and oxygen atoms in total. The Hall–Kier alpha value is -2.41. The Labute approximate surface area is 197 Å². The molecule has 166 valence electrons. The Balaban J connectivity index is 1.26. The zero-order valence-corrected chi connectivity index (χ0v) is 20.4. The predicted octanol–water partition coefficient (Wildman–Crippen LogP) is 5.75. The van der Waals surface area contributed by atoms with E-state index in [1.807, 2.05) is 0 Å². The predicted molar refractivity (Wildman–Crippen MR) is 135 cm³/mol. The molecule has 0 aliphatic carbocycles. The second-order valence-electron chi connectivity index (χ2n) is 9.10. The van der Waals surface area contributed by atoms with Gasteiger partial charge in [0.05, 0.1) is 11.6 Å². The summed E-state index contributed by atoms with van der Waals surface area (Å²) in [7, 11) is 0. The van der Waals surface area contributed by atoms with Crippen molar-refractivity contribution in [2.75, 3.05) is 13.1 Å². The molecule has 5 rings (SSSR count). The van der Waals surface area contributed by atoms with Gasteiger partial charge in [0.1, 0.15) is 4.83 Å². The number of aromatic nitrogens is 1. The van der Waals surface area contributed by atoms with Crippen LogP contribution in [0.5, 0.6) is 0 Å². The van der Waals surface area contributed by atoms with Gasteiger partial charge < -0.3 is 10.3 Å². The van der Waals surface area contributed by atoms with Gasteiger partial charge in [-0.15, -0.1) is 22.7 Å². The van der Waals surface area contributed by atoms with Crippen molar-refractivity contribution >= 4 is 38.8 Å². The topological polar surface area (TPSA) is 48.1 Å². The maximum Gasteiger partial charge on any atom is 0.225 e. The van der Waals surface area contributed by atoms with Crippen LogP contribution < -0.4 is 5.32 Å². The Morgan fingerprint density at radius 3 is 2.66 bits per heavy atom. The van der Waals surface area contributed by atoms with Gasteiger partial charge in [-0.3, -0.25) is 9.69 Å². The quantitative estimate of drug-likeness (QED) is 0.366. The largest absolute Gasteiger partial charge is 0.353 e. The van der Waals surface area contributed by atoms with Crippen LogP contribution in [0.25, 0.3) is 21.5 Å². The molecule has 1 saturated heterocycles. The number of hydrogen-bond donors (Lipinski definition) is 2. The summed E-state index contributed by atoms with van der Waals surface area (Å²) in [6.07, 6.45) is 0.816. The fraction of sp³-hybridized carbons (Fsp3) is 0.346. The summed E-state index contributed by atoms with van der Waals surface area (Å²) in [5, 5.41) is 8.80. The number of carbonyl (C=O) groups is 1. The fourth-order valence-corrected chi connectivity index (χ4v) is 6.32. The van der Waals surface area contributed by atoms with Gasteiger partial charge in [0.25, 0.3) is 0 Å². The van der Waals surface area contributed by atoms with E-state index >= 15 is 0 Å². The highest BCUT2D eigenvalue weighted by atomic mass is 32.1. The number of benzene rings is 1. The molecular formula is C26H29N3OS2. The van der Waals surface area contributed by atoms with Crippen molar-refractivity contribution in [3.63, 3.8) is 0 Å². The van der Waals surface area contributed by atoms with Gasteiger partial charge in [-0.1, -0.05) is 23.3 Å². The van der Waals surface area contributed by atoms with Crippen LogP contribution in [0.4, 0.5) is 0 Å². The molecule has 1 aromatic carbocycles. The number of likely N-dealkylation sites (tertiary alicyclic amines) is 1. The van der Waals surface area contributed by atoms with E-state index in [1.165, 1.54) is 43.0 Å². The summed E-state index contributed by atoms with van der Waals surface area (Å²) in [4.78, 5) is 21.4. The lowest BCUT2D eigenvalue weighted by molar-refractivity contribution is -0.131. The van der Waals surface area contributed by atoms with Gasteiger partial charge >= 0.3 is 0 Å². The number of aromatic amines is 1. The number of carbonyl (C=O) groups excluding carboxylic acids is 1. The summed E-state index contributed by atoms with van der Waals surface area (Å²) in [6.45, 7) is 9.06. The average molecular weight is 464 g/mol. The first kappa shape index (κ1) is 21.4. The number of rotatable bonds is 7. The fourth-order valence-electron chi connectivity index (χ4n) is 4.75. The van der Waals surface area contributed by atoms with Gasteiger partial charge in [0.15, 0.2) is 0 Å². The molecule has 1 unspecified atom stereocenters. The van der Waals surface area contributed by atoms with Crippen molar-refractivity contribution in [2.45, 2.75) is 39.8 Å². The Morgan fingerprint density at radius 2 is 1.94 bits per heavy atom. The maximum atomic E-state index is 12.8. The van der Waals surface area contributed by atoms with Crippen molar-refractivity contribution in [3.05, 3.63) is 68.7 Å². The number of amides is 1. The Morgan fingerprint density at radius 1 is 1.16 bits per heavy atom. The molecule has 0 spiro atoms. The minimum absolute atomic E-state index is 0.0809. The first-order valence-electron chi connectivity index (χ1n) is 11.2. The smallest absolute Gasteiger partial charge is 0.225 e. The molecule has 3 aromatic heterocycles. The van der Waals surface area contributed by atoms with E-state index in [2.05, 4.69) is 83.1 Å². The van der Waals surface area contributed by atoms with E-state index in [9.17, 15) is 4.79 Å². The third-order valence-electron chi connectivity index (χ3n) is 6.23. The summed E-state index contributed by atoms with van der Waals surface area (Å²) >= 11 is 3.52. The first-order valence-corrected chi connectivity index (χ1v) is 12.9. The van der Waals surface area contributed by atoms with E-state index in [0.717, 1.165) is 26.1 Å². The molecule has 0 bridgehead atoms. The second kappa shape index (κ2) is 8.85. The zero-order valence-electron chi connectivity index (χ0n) is 18.8. The molecule has 4 heterocycles. The average Bonchev–Trinajstić information content (AvgIpc) is 3.42. The minimum Gasteiger partial charge on any atom is -0.353 e. The van der Waals surface area contributed by atoms with E-state index in [1.54, 1.807) is 22.7 Å². The highest BCUT2D eigenvalue weighted by molar-refractivity contribution is 7.16. The van der Waals surface area contributed by atoms with Crippen LogP contribution in [0.15, 0.2) is 47.2 Å². The molecule has 6 heteroatoms. The lowest BCUT2D eigenvalue weighted by Gasteiger charge is -2.38. The van der Waals surface area contributed by atoms with Gasteiger partial charge in [-0.25, -0.2) is 0 Å². The molecule has 4 aromatic rings. The third kappa shape index (κ3) is 4.40. The monoisotopic (exact) mass is 463 g/mol. The Kier molecular flexibility index (Phi) is 5.93. The molecular weight excluding hydrogens is 434 g/mol. The lowest BCUT2D eigenvalue weighted by atomic mass is 9.96. The van der Waals surface area contributed by atoms with Crippen LogP contribution in [0, 0.1) is 19.8 Å². The van der Waals surface area contributed by atoms with Crippen molar-refractivity contribution < 1.29 is 4.79 Å². The van der Waals surface area contributed by atoms with Crippen molar-refractivity contribution in [1.29, 1.82) is 0 Å². The highest BCUT2D eigenvalue weighted by Crippen LogP contribution is 2.35. The number of hydrogen-bond acceptors (Lipinski definition) is 4. The molecule has 1 aliphatic rings. The summed E-state index contributed by atoms with van der Waals surface area (Å²) in [5.41, 5.74) is 6.24. The highest BCUT2D eigenvalue weighted by Gasteiger charge is 2.33. The molecule has 0 saturated carbocycles. The van der Waals surface area contributed by atoms with Crippen LogP contribution in [0.1, 0.15) is 28.5 Å². The molecule has 32 heavy (non-hydrogen) atoms. The number of nitrogens with zero attached hydrogens (tertiary/aromatic N) is 1. The van der Waals surface area contributed by atoms with E-state index < -0.39 is 0 Å². The van der Waals surface area contributed by atoms with Crippen molar-refractivity contribution in [1.82, 2.24) is 15.2 Å². The van der Waals surface area contributed by atoms with Gasteiger partial charge in [0, 0.05) is 35.9 Å². The van der Waals surface area contributed by atoms with Gasteiger partial charge in [-0.05, 0) is 73.3 Å². The van der Waals surface area contributed by atoms with E-state index in [0.29, 0.717) is 0 Å². The standard InChI is InChI=1S/C26H29N3OS2/c1-16-9-17(2)11-19(10-16)24-23(22-6-8-32-26(22)28-24)12-18(3)27-25(30)20-13-29(14-20)15-21-5-4-7-31-21/h4-11,18,20,28H,12-15H2,1-3H3,(H,27,30). The molecule has 1 aliphatic heterocycles. The van der Waals surface area contributed by atoms with Crippen LogP contribution in [0.2, 0.25) is 0 Å². The van der Waals surface area contributed by atoms with Crippen LogP contribution in [-0.2, 0) is 17.8 Å². The van der Waals surface area contributed by atoms with E-state index in [4.69, 9.17) is 0 Å². The summed E-state index contributed by atoms with van der Waals surface area (Å²) < 4.78 is 0. The van der Waals surface area contributed by atoms with Crippen LogP contribution >= 0.6 is 22.7 Å². The summed E-state index contributed by atoms with van der Waals surface area (Å²) in [5.74, 6) is 0.286. The number of nitrogens with one attached hydrogen (secondary N) is 2. The lowest BCUT2D eigenvalue weighted by Crippen LogP contribution is -2.54. The van der Waals surface area contributed by atoms with Crippen LogP contribution in [-0.4, -0.2) is 34.9 Å². The van der Waals surface area contributed by atoms with Crippen molar-refractivity contribution in [3.8, 4) is 11.3 Å². The SMILES string of the molecule is Cc1cc(C)cc(-c2[nH]c3sccc3c2CC(C)NC(=O)C2CN(Cc3cccs3)C2)c1. The minimum atomic E-state index is 0.0809. The molecule has 2 N–H and O–H groups in total. The molecule has 1 amide bonds. The molecule has 0 radical (unpaired) electrons. The number of fused-ring (bicyclic) bond motifs is 1. The molecule has 1 atom stereocenters. The number of thiophene rings is 2. The van der Waals surface area contributed by atoms with Gasteiger partial charge in [-0.2, -0.15) is 0 Å².